The van der Waals surface area contributed by atoms with Crippen LogP contribution >= 0.6 is 0 Å². The number of allylic oxidation sites excluding steroid dienone is 1. The fraction of sp³-hybridized carbons (Fsp3) is 0.412. The fourth-order valence-corrected chi connectivity index (χ4v) is 3.36. The summed E-state index contributed by atoms with van der Waals surface area (Å²) < 4.78 is 5.95. The van der Waals surface area contributed by atoms with Gasteiger partial charge in [0, 0.05) is 18.1 Å². The third-order valence-corrected chi connectivity index (χ3v) is 4.24. The van der Waals surface area contributed by atoms with E-state index in [-0.39, 0.29) is 23.4 Å². The molecule has 0 atom stereocenters. The maximum absolute atomic E-state index is 11.6. The van der Waals surface area contributed by atoms with Gasteiger partial charge in [-0.05, 0) is 18.5 Å². The van der Waals surface area contributed by atoms with Crippen molar-refractivity contribution in [2.24, 2.45) is 5.41 Å². The van der Waals surface area contributed by atoms with E-state index in [2.05, 4.69) is 4.79 Å². The smallest absolute Gasteiger partial charge is 0.419 e. The van der Waals surface area contributed by atoms with Crippen LogP contribution in [0.1, 0.15) is 26.3 Å². The lowest BCUT2D eigenvalue weighted by Gasteiger charge is -2.24. The Morgan fingerprint density at radius 2 is 1.92 bits per heavy atom. The first-order valence-corrected chi connectivity index (χ1v) is 10.8. The molecule has 0 radical (unpaired) electrons. The molecular weight excluding hydrogens is 354 g/mol. The van der Waals surface area contributed by atoms with Gasteiger partial charge in [-0.25, -0.2) is 4.79 Å². The summed E-state index contributed by atoms with van der Waals surface area (Å²) >= 11 is 0. The summed E-state index contributed by atoms with van der Waals surface area (Å²) in [6.45, 7) is 9.09. The van der Waals surface area contributed by atoms with E-state index in [1.807, 2.05) is 13.1 Å². The normalized spacial score (nSPS) is 12.2. The second kappa shape index (κ2) is 8.55. The Hall–Kier alpha value is -2.77. The lowest BCUT2D eigenvalue weighted by molar-refractivity contribution is -0.385. The van der Waals surface area contributed by atoms with Gasteiger partial charge in [-0.3, -0.25) is 10.1 Å². The molecule has 0 unspecified atom stereocenters. The molecule has 0 fully saturated rings. The van der Waals surface area contributed by atoms with E-state index in [0.717, 1.165) is 0 Å². The van der Waals surface area contributed by atoms with Gasteiger partial charge in [0.2, 0.25) is 9.04 Å². The number of aliphatic carboxylic acids is 1. The van der Waals surface area contributed by atoms with Gasteiger partial charge < -0.3 is 15.1 Å². The summed E-state index contributed by atoms with van der Waals surface area (Å²) in [6.07, 6.45) is 0.0290. The van der Waals surface area contributed by atoms with Crippen molar-refractivity contribution in [2.45, 2.75) is 40.3 Å². The van der Waals surface area contributed by atoms with Crippen molar-refractivity contribution in [3.8, 4) is 0 Å². The zero-order chi connectivity index (χ0) is 20.1. The number of hydrogen-bond donors (Lipinski definition) is 1. The largest absolute Gasteiger partial charge is 0.549 e. The van der Waals surface area contributed by atoms with E-state index in [1.54, 1.807) is 39.0 Å². The molecule has 0 amide bonds. The van der Waals surface area contributed by atoms with Gasteiger partial charge in [0.15, 0.2) is 0 Å². The number of nitro groups is 1. The monoisotopic (exact) mass is 377 g/mol. The van der Waals surface area contributed by atoms with Gasteiger partial charge in [0.1, 0.15) is 0 Å². The molecule has 140 valence electrons. The summed E-state index contributed by atoms with van der Waals surface area (Å²) in [5.41, 5.74) is 8.53. The first-order chi connectivity index (χ1) is 12.0. The average molecular weight is 377 g/mol. The minimum absolute atomic E-state index is 0.0290. The van der Waals surface area contributed by atoms with Crippen molar-refractivity contribution >= 4 is 26.4 Å². The molecule has 0 saturated carbocycles. The number of nitro benzene ring substituents is 1. The predicted molar refractivity (Wildman–Crippen MR) is 99.5 cm³/mol. The van der Waals surface area contributed by atoms with Crippen LogP contribution < -0.4 is 0 Å². The van der Waals surface area contributed by atoms with Crippen LogP contribution in [0.3, 0.4) is 0 Å². The van der Waals surface area contributed by atoms with E-state index in [4.69, 9.17) is 4.43 Å². The number of hydrogen-bond acceptors (Lipinski definition) is 4. The van der Waals surface area contributed by atoms with Crippen LogP contribution in [0.5, 0.6) is 0 Å². The second-order valence-corrected chi connectivity index (χ2v) is 9.36. The molecule has 9 heteroatoms. The molecule has 1 rings (SSSR count). The van der Waals surface area contributed by atoms with Crippen LogP contribution in [-0.2, 0) is 15.6 Å². The number of para-hydroxylation sites is 1. The van der Waals surface area contributed by atoms with Crippen molar-refractivity contribution in [2.75, 3.05) is 0 Å². The number of nitrogens with zero attached hydrogens (tertiary/aromatic N) is 3. The second-order valence-electron chi connectivity index (χ2n) is 7.03. The zero-order valence-electron chi connectivity index (χ0n) is 15.5. The first-order valence-electron chi connectivity index (χ1n) is 8.07. The van der Waals surface area contributed by atoms with Crippen LogP contribution in [-0.4, -0.2) is 35.5 Å². The zero-order valence-corrected chi connectivity index (χ0v) is 16.7. The molecule has 8 nitrogen and oxygen atoms in total. The van der Waals surface area contributed by atoms with Gasteiger partial charge in [0.25, 0.3) is 5.69 Å². The van der Waals surface area contributed by atoms with Crippen LogP contribution in [0.2, 0.25) is 13.1 Å². The van der Waals surface area contributed by atoms with Gasteiger partial charge in [-0.2, -0.15) is 4.79 Å². The number of carbonyl (C=O) groups is 1. The number of carboxylic acid groups (broad SMARTS) is 1. The van der Waals surface area contributed by atoms with Crippen molar-refractivity contribution in [3.05, 3.63) is 56.8 Å². The quantitative estimate of drug-likeness (QED) is 0.148. The highest BCUT2D eigenvalue weighted by Crippen LogP contribution is 2.33. The van der Waals surface area contributed by atoms with Crippen LogP contribution in [0.25, 0.3) is 5.53 Å². The standard InChI is InChI=1S/C17H23N3O5Si/c1-17(2,3)14(15(19-18)16(21)22)13(25-26(4)5)10-11-8-6-7-9-12(11)20(23)24/h6-9,26H,10H2,1-5H3,(H,21,22)/b14-13+. The highest BCUT2D eigenvalue weighted by molar-refractivity contribution is 6.49. The minimum atomic E-state index is -1.68. The summed E-state index contributed by atoms with van der Waals surface area (Å²) in [5.74, 6) is -1.12. The molecule has 0 aliphatic carbocycles. The number of rotatable bonds is 7. The Kier molecular flexibility index (Phi) is 6.99. The number of benzene rings is 1. The summed E-state index contributed by atoms with van der Waals surface area (Å²) in [7, 11) is -1.68. The molecular formula is C17H23N3O5Si. The maximum atomic E-state index is 11.6. The Balaban J connectivity index is 3.70. The lowest BCUT2D eigenvalue weighted by Crippen LogP contribution is -2.29. The summed E-state index contributed by atoms with van der Waals surface area (Å²) in [5, 5.41) is 20.7. The molecule has 0 spiro atoms. The third-order valence-electron chi connectivity index (χ3n) is 3.49. The molecule has 0 aliphatic rings. The highest BCUT2D eigenvalue weighted by Gasteiger charge is 2.38. The third kappa shape index (κ3) is 5.37. The van der Waals surface area contributed by atoms with Crippen LogP contribution in [0, 0.1) is 15.5 Å². The van der Waals surface area contributed by atoms with Crippen molar-refractivity contribution in [3.63, 3.8) is 0 Å². The van der Waals surface area contributed by atoms with Crippen molar-refractivity contribution in [1.82, 2.24) is 0 Å². The Labute approximate surface area is 153 Å². The molecule has 26 heavy (non-hydrogen) atoms. The summed E-state index contributed by atoms with van der Waals surface area (Å²) in [4.78, 5) is 25.3. The maximum Gasteiger partial charge on any atom is 0.419 e. The molecule has 1 aromatic carbocycles. The Morgan fingerprint density at radius 1 is 1.35 bits per heavy atom. The molecule has 0 aliphatic heterocycles. The topological polar surface area (TPSA) is 126 Å². The van der Waals surface area contributed by atoms with Gasteiger partial charge >= 0.3 is 11.7 Å². The van der Waals surface area contributed by atoms with Gasteiger partial charge in [0.05, 0.1) is 16.3 Å². The van der Waals surface area contributed by atoms with E-state index in [0.29, 0.717) is 5.56 Å². The van der Waals surface area contributed by atoms with Crippen LogP contribution in [0.4, 0.5) is 5.69 Å². The minimum Gasteiger partial charge on any atom is -0.549 e. The lowest BCUT2D eigenvalue weighted by atomic mass is 9.81. The van der Waals surface area contributed by atoms with E-state index in [1.165, 1.54) is 6.07 Å². The predicted octanol–water partition coefficient (Wildman–Crippen LogP) is 3.19. The number of carboxylic acids is 1. The molecule has 0 saturated heterocycles. The highest BCUT2D eigenvalue weighted by atomic mass is 28.3. The van der Waals surface area contributed by atoms with E-state index in [9.17, 15) is 25.5 Å². The SMILES string of the molecule is C[SiH](C)O/C(Cc1ccccc1[N+](=O)[O-])=C(\C(=[N+]=[N-])C(=O)O)C(C)(C)C. The van der Waals surface area contributed by atoms with Gasteiger partial charge in [-0.15, -0.1) is 0 Å². The fourth-order valence-electron chi connectivity index (χ4n) is 2.59. The Morgan fingerprint density at radius 3 is 2.35 bits per heavy atom. The molecule has 1 aromatic rings. The van der Waals surface area contributed by atoms with Crippen LogP contribution in [0.15, 0.2) is 35.6 Å². The van der Waals surface area contributed by atoms with Crippen molar-refractivity contribution < 1.29 is 24.0 Å². The molecule has 0 heterocycles. The summed E-state index contributed by atoms with van der Waals surface area (Å²) in [6, 6.07) is 6.21. The van der Waals surface area contributed by atoms with E-state index < -0.39 is 31.1 Å². The molecule has 0 bridgehead atoms. The van der Waals surface area contributed by atoms with Gasteiger partial charge in [-0.1, -0.05) is 39.0 Å². The average Bonchev–Trinajstić information content (AvgIpc) is 2.50. The van der Waals surface area contributed by atoms with E-state index >= 15 is 0 Å². The first kappa shape index (κ1) is 21.3. The molecule has 1 N–H and O–H groups in total. The molecule has 0 aromatic heterocycles. The Bertz CT molecular complexity index is 790. The van der Waals surface area contributed by atoms with Crippen molar-refractivity contribution in [1.29, 1.82) is 0 Å².